The summed E-state index contributed by atoms with van der Waals surface area (Å²) in [7, 11) is -3.87. The minimum atomic E-state index is -3.87. The molecule has 1 aliphatic rings. The number of nitrogens with zero attached hydrogens (tertiary/aromatic N) is 3. The summed E-state index contributed by atoms with van der Waals surface area (Å²) in [6, 6.07) is 8.13. The van der Waals surface area contributed by atoms with E-state index in [0.717, 1.165) is 9.99 Å². The van der Waals surface area contributed by atoms with Gasteiger partial charge in [0.05, 0.1) is 18.1 Å². The molecule has 1 aromatic heterocycles. The lowest BCUT2D eigenvalue weighted by Crippen LogP contribution is -2.47. The molecule has 1 saturated heterocycles. The largest absolute Gasteiger partial charge is 0.480 e. The first-order valence-electron chi connectivity index (χ1n) is 7.35. The first-order chi connectivity index (χ1) is 11.0. The van der Waals surface area contributed by atoms with Crippen LogP contribution in [0.4, 0.5) is 0 Å². The fourth-order valence-electron chi connectivity index (χ4n) is 2.74. The van der Waals surface area contributed by atoms with Crippen LogP contribution >= 0.6 is 0 Å². The first-order valence-corrected chi connectivity index (χ1v) is 8.79. The molecular formula is C15H17N3O4S. The Kier molecular flexibility index (Phi) is 4.18. The van der Waals surface area contributed by atoms with Crippen LogP contribution < -0.4 is 0 Å². The lowest BCUT2D eigenvalue weighted by Gasteiger charge is -2.31. The molecule has 1 atom stereocenters. The maximum Gasteiger partial charge on any atom is 0.322 e. The number of carboxylic acid groups (broad SMARTS) is 1. The van der Waals surface area contributed by atoms with Crippen molar-refractivity contribution in [3.05, 3.63) is 42.7 Å². The molecular weight excluding hydrogens is 318 g/mol. The molecule has 1 fully saturated rings. The van der Waals surface area contributed by atoms with Gasteiger partial charge in [-0.15, -0.1) is 0 Å². The van der Waals surface area contributed by atoms with Gasteiger partial charge in [0.1, 0.15) is 10.9 Å². The van der Waals surface area contributed by atoms with Crippen molar-refractivity contribution >= 4 is 16.0 Å². The minimum Gasteiger partial charge on any atom is -0.480 e. The number of sulfonamides is 1. The van der Waals surface area contributed by atoms with Crippen molar-refractivity contribution in [1.82, 2.24) is 14.1 Å². The second-order valence-electron chi connectivity index (χ2n) is 5.42. The van der Waals surface area contributed by atoms with Gasteiger partial charge >= 0.3 is 5.97 Å². The molecule has 3 rings (SSSR count). The summed E-state index contributed by atoms with van der Waals surface area (Å²) in [5.74, 6) is -1.11. The average molecular weight is 335 g/mol. The van der Waals surface area contributed by atoms with E-state index in [2.05, 4.69) is 5.10 Å². The molecule has 2 heterocycles. The Morgan fingerprint density at radius 3 is 2.65 bits per heavy atom. The lowest BCUT2D eigenvalue weighted by atomic mass is 10.1. The molecule has 2 aromatic rings. The molecule has 0 saturated carbocycles. The van der Waals surface area contributed by atoms with Gasteiger partial charge in [-0.25, -0.2) is 13.1 Å². The summed E-state index contributed by atoms with van der Waals surface area (Å²) in [5, 5.41) is 13.4. The Balaban J connectivity index is 1.94. The lowest BCUT2D eigenvalue weighted by molar-refractivity contribution is -0.142. The van der Waals surface area contributed by atoms with Crippen LogP contribution in [0, 0.1) is 0 Å². The zero-order chi connectivity index (χ0) is 16.4. The van der Waals surface area contributed by atoms with Crippen LogP contribution in [-0.2, 0) is 14.8 Å². The SMILES string of the molecule is O=C(O)C1CCCCN1S(=O)(=O)c1cnn(-c2ccccc2)c1. The second-order valence-corrected chi connectivity index (χ2v) is 7.31. The molecule has 122 valence electrons. The molecule has 1 N–H and O–H groups in total. The smallest absolute Gasteiger partial charge is 0.322 e. The number of carboxylic acids is 1. The number of aliphatic carboxylic acids is 1. The van der Waals surface area contributed by atoms with E-state index in [0.29, 0.717) is 19.3 Å². The van der Waals surface area contributed by atoms with E-state index in [1.165, 1.54) is 17.1 Å². The Morgan fingerprint density at radius 2 is 1.96 bits per heavy atom. The van der Waals surface area contributed by atoms with Gasteiger partial charge in [-0.2, -0.15) is 9.40 Å². The van der Waals surface area contributed by atoms with Crippen LogP contribution in [0.5, 0.6) is 0 Å². The van der Waals surface area contributed by atoms with E-state index in [-0.39, 0.29) is 11.4 Å². The molecule has 0 amide bonds. The number of carbonyl (C=O) groups is 1. The number of rotatable bonds is 4. The summed E-state index contributed by atoms with van der Waals surface area (Å²) in [4.78, 5) is 11.4. The van der Waals surface area contributed by atoms with Crippen molar-refractivity contribution in [1.29, 1.82) is 0 Å². The maximum absolute atomic E-state index is 12.8. The van der Waals surface area contributed by atoms with E-state index >= 15 is 0 Å². The fraction of sp³-hybridized carbons (Fsp3) is 0.333. The van der Waals surface area contributed by atoms with Crippen LogP contribution in [-0.4, -0.2) is 46.2 Å². The van der Waals surface area contributed by atoms with Gasteiger partial charge in [0, 0.05) is 6.54 Å². The summed E-state index contributed by atoms with van der Waals surface area (Å²) in [6.45, 7) is 0.218. The van der Waals surface area contributed by atoms with Crippen molar-refractivity contribution in [3.63, 3.8) is 0 Å². The second kappa shape index (κ2) is 6.13. The van der Waals surface area contributed by atoms with Crippen LogP contribution in [0.25, 0.3) is 5.69 Å². The number of hydrogen-bond donors (Lipinski definition) is 1. The number of aromatic nitrogens is 2. The zero-order valence-electron chi connectivity index (χ0n) is 12.4. The standard InChI is InChI=1S/C15H17N3O4S/c19-15(20)14-8-4-5-9-18(14)23(21,22)13-10-16-17(11-13)12-6-2-1-3-7-12/h1-3,6-7,10-11,14H,4-5,8-9H2,(H,19,20). The van der Waals surface area contributed by atoms with Gasteiger partial charge in [-0.3, -0.25) is 4.79 Å². The van der Waals surface area contributed by atoms with Crippen molar-refractivity contribution in [2.45, 2.75) is 30.2 Å². The Morgan fingerprint density at radius 1 is 1.22 bits per heavy atom. The summed E-state index contributed by atoms with van der Waals surface area (Å²) in [6.07, 6.45) is 4.39. The highest BCUT2D eigenvalue weighted by Gasteiger charge is 2.38. The molecule has 0 radical (unpaired) electrons. The Bertz CT molecular complexity index is 801. The predicted molar refractivity (Wildman–Crippen MR) is 82.7 cm³/mol. The van der Waals surface area contributed by atoms with Crippen molar-refractivity contribution < 1.29 is 18.3 Å². The molecule has 0 bridgehead atoms. The molecule has 23 heavy (non-hydrogen) atoms. The summed E-state index contributed by atoms with van der Waals surface area (Å²) >= 11 is 0. The number of benzene rings is 1. The molecule has 1 aliphatic heterocycles. The molecule has 0 spiro atoms. The molecule has 1 aromatic carbocycles. The van der Waals surface area contributed by atoms with E-state index in [1.54, 1.807) is 0 Å². The van der Waals surface area contributed by atoms with Crippen molar-refractivity contribution in [2.75, 3.05) is 6.54 Å². The van der Waals surface area contributed by atoms with Crippen LogP contribution in [0.2, 0.25) is 0 Å². The van der Waals surface area contributed by atoms with Gasteiger partial charge in [0.25, 0.3) is 0 Å². The Hall–Kier alpha value is -2.19. The van der Waals surface area contributed by atoms with Crippen LogP contribution in [0.3, 0.4) is 0 Å². The van der Waals surface area contributed by atoms with Crippen molar-refractivity contribution in [2.24, 2.45) is 0 Å². The number of hydrogen-bond acceptors (Lipinski definition) is 4. The van der Waals surface area contributed by atoms with Crippen LogP contribution in [0.1, 0.15) is 19.3 Å². The third-order valence-corrected chi connectivity index (χ3v) is 5.79. The van der Waals surface area contributed by atoms with Gasteiger partial charge < -0.3 is 5.11 Å². The Labute approximate surface area is 134 Å². The zero-order valence-corrected chi connectivity index (χ0v) is 13.2. The minimum absolute atomic E-state index is 0.00880. The highest BCUT2D eigenvalue weighted by molar-refractivity contribution is 7.89. The van der Waals surface area contributed by atoms with E-state index in [1.807, 2.05) is 30.3 Å². The summed E-state index contributed by atoms with van der Waals surface area (Å²) < 4.78 is 28.1. The van der Waals surface area contributed by atoms with Gasteiger partial charge in [0.2, 0.25) is 10.0 Å². The average Bonchev–Trinajstić information content (AvgIpc) is 3.06. The first kappa shape index (κ1) is 15.7. The predicted octanol–water partition coefficient (Wildman–Crippen LogP) is 1.50. The quantitative estimate of drug-likeness (QED) is 0.914. The third kappa shape index (κ3) is 2.99. The summed E-state index contributed by atoms with van der Waals surface area (Å²) in [5.41, 5.74) is 0.738. The fourth-order valence-corrected chi connectivity index (χ4v) is 4.32. The van der Waals surface area contributed by atoms with E-state index in [9.17, 15) is 18.3 Å². The van der Waals surface area contributed by atoms with Crippen LogP contribution in [0.15, 0.2) is 47.6 Å². The number of para-hydroxylation sites is 1. The molecule has 0 aliphatic carbocycles. The molecule has 1 unspecified atom stereocenters. The third-order valence-electron chi connectivity index (χ3n) is 3.92. The van der Waals surface area contributed by atoms with E-state index < -0.39 is 22.0 Å². The maximum atomic E-state index is 12.8. The normalized spacial score (nSPS) is 19.6. The van der Waals surface area contributed by atoms with Gasteiger partial charge in [0.15, 0.2) is 0 Å². The molecule has 8 heteroatoms. The van der Waals surface area contributed by atoms with Gasteiger partial charge in [-0.05, 0) is 31.4 Å². The topological polar surface area (TPSA) is 92.5 Å². The highest BCUT2D eigenvalue weighted by atomic mass is 32.2. The number of piperidine rings is 1. The van der Waals surface area contributed by atoms with Gasteiger partial charge in [-0.1, -0.05) is 18.2 Å². The highest BCUT2D eigenvalue weighted by Crippen LogP contribution is 2.25. The van der Waals surface area contributed by atoms with Crippen molar-refractivity contribution in [3.8, 4) is 5.69 Å². The monoisotopic (exact) mass is 335 g/mol. The van der Waals surface area contributed by atoms with E-state index in [4.69, 9.17) is 0 Å². The molecule has 7 nitrogen and oxygen atoms in total.